The molecule has 4 rings (SSSR count). The van der Waals surface area contributed by atoms with Gasteiger partial charge in [-0.15, -0.1) is 11.3 Å². The predicted octanol–water partition coefficient (Wildman–Crippen LogP) is 4.27. The van der Waals surface area contributed by atoms with Crippen molar-refractivity contribution in [1.82, 2.24) is 10.3 Å². The first-order chi connectivity index (χ1) is 11.8. The monoisotopic (exact) mass is 342 g/mol. The summed E-state index contributed by atoms with van der Waals surface area (Å²) in [6, 6.07) is 7.52. The molecule has 1 aromatic carbocycles. The lowest BCUT2D eigenvalue weighted by Gasteiger charge is -2.16. The predicted molar refractivity (Wildman–Crippen MR) is 94.6 cm³/mol. The molecule has 5 heteroatoms. The minimum atomic E-state index is -0.0930. The number of carbonyl (C=O) groups is 1. The number of hydrogen-bond acceptors (Lipinski definition) is 4. The van der Waals surface area contributed by atoms with Gasteiger partial charge in [0.05, 0.1) is 28.9 Å². The Morgan fingerprint density at radius 1 is 1.21 bits per heavy atom. The Balaban J connectivity index is 1.39. The van der Waals surface area contributed by atoms with E-state index in [0.29, 0.717) is 23.8 Å². The van der Waals surface area contributed by atoms with Gasteiger partial charge in [0.25, 0.3) is 5.91 Å². The molecule has 2 fully saturated rings. The molecule has 126 valence electrons. The van der Waals surface area contributed by atoms with Gasteiger partial charge in [0.1, 0.15) is 5.75 Å². The number of nitrogens with one attached hydrogen (secondary N) is 1. The molecule has 24 heavy (non-hydrogen) atoms. The number of aromatic nitrogens is 1. The van der Waals surface area contributed by atoms with Crippen LogP contribution >= 0.6 is 11.3 Å². The summed E-state index contributed by atoms with van der Waals surface area (Å²) in [4.78, 5) is 17.2. The average Bonchev–Trinajstić information content (AvgIpc) is 3.12. The van der Waals surface area contributed by atoms with Gasteiger partial charge >= 0.3 is 0 Å². The van der Waals surface area contributed by atoms with E-state index in [4.69, 9.17) is 4.74 Å². The van der Waals surface area contributed by atoms with Crippen molar-refractivity contribution in [2.75, 3.05) is 0 Å². The first-order valence-electron chi connectivity index (χ1n) is 8.78. The van der Waals surface area contributed by atoms with Crippen LogP contribution in [-0.4, -0.2) is 17.0 Å². The number of rotatable bonds is 6. The lowest BCUT2D eigenvalue weighted by molar-refractivity contribution is 0.0943. The van der Waals surface area contributed by atoms with E-state index in [1.807, 2.05) is 24.3 Å². The third-order valence-electron chi connectivity index (χ3n) is 4.65. The zero-order valence-electron chi connectivity index (χ0n) is 13.7. The van der Waals surface area contributed by atoms with Crippen LogP contribution in [0.4, 0.5) is 0 Å². The molecule has 2 aliphatic carbocycles. The van der Waals surface area contributed by atoms with Crippen molar-refractivity contribution < 1.29 is 9.53 Å². The van der Waals surface area contributed by atoms with Gasteiger partial charge in [-0.25, -0.2) is 4.98 Å². The van der Waals surface area contributed by atoms with Crippen LogP contribution in [0, 0.1) is 0 Å². The van der Waals surface area contributed by atoms with E-state index < -0.39 is 0 Å². The molecule has 0 atom stereocenters. The quantitative estimate of drug-likeness (QED) is 0.853. The van der Waals surface area contributed by atoms with E-state index in [9.17, 15) is 4.79 Å². The zero-order valence-corrected chi connectivity index (χ0v) is 14.5. The number of nitrogens with zero attached hydrogens (tertiary/aromatic N) is 1. The van der Waals surface area contributed by atoms with Gasteiger partial charge in [-0.3, -0.25) is 4.79 Å². The van der Waals surface area contributed by atoms with Gasteiger partial charge in [0.2, 0.25) is 0 Å². The zero-order chi connectivity index (χ0) is 16.4. The highest BCUT2D eigenvalue weighted by Crippen LogP contribution is 2.41. The molecule has 1 amide bonds. The van der Waals surface area contributed by atoms with E-state index in [0.717, 1.165) is 18.5 Å². The molecule has 0 bridgehead atoms. The van der Waals surface area contributed by atoms with Crippen LogP contribution in [0.2, 0.25) is 0 Å². The van der Waals surface area contributed by atoms with Gasteiger partial charge in [-0.2, -0.15) is 0 Å². The maximum atomic E-state index is 12.6. The lowest BCUT2D eigenvalue weighted by atomic mass is 10.2. The Kier molecular flexibility index (Phi) is 4.52. The van der Waals surface area contributed by atoms with Crippen molar-refractivity contribution in [3.05, 3.63) is 45.9 Å². The van der Waals surface area contributed by atoms with Crippen LogP contribution in [0.15, 0.2) is 29.6 Å². The molecule has 2 aliphatic rings. The number of carbonyl (C=O) groups excluding carboxylic acids is 1. The first kappa shape index (κ1) is 15.6. The van der Waals surface area contributed by atoms with Crippen LogP contribution in [0.1, 0.15) is 65.5 Å². The SMILES string of the molecule is O=C(NCc1csc(C2CC2)n1)c1ccccc1OC1CCCC1. The van der Waals surface area contributed by atoms with Crippen molar-refractivity contribution in [2.24, 2.45) is 0 Å². The molecular formula is C19H22N2O2S. The van der Waals surface area contributed by atoms with Crippen LogP contribution in [-0.2, 0) is 6.54 Å². The molecule has 0 radical (unpaired) electrons. The summed E-state index contributed by atoms with van der Waals surface area (Å²) in [6.45, 7) is 0.472. The molecule has 4 nitrogen and oxygen atoms in total. The topological polar surface area (TPSA) is 51.2 Å². The second-order valence-electron chi connectivity index (χ2n) is 6.65. The summed E-state index contributed by atoms with van der Waals surface area (Å²) in [7, 11) is 0. The molecule has 2 saturated carbocycles. The van der Waals surface area contributed by atoms with Gasteiger partial charge in [0, 0.05) is 11.3 Å². The van der Waals surface area contributed by atoms with E-state index >= 15 is 0 Å². The summed E-state index contributed by atoms with van der Waals surface area (Å²) >= 11 is 1.70. The Bertz CT molecular complexity index is 718. The fraction of sp³-hybridized carbons (Fsp3) is 0.474. The fourth-order valence-corrected chi connectivity index (χ4v) is 4.12. The molecule has 0 spiro atoms. The highest BCUT2D eigenvalue weighted by Gasteiger charge is 2.26. The van der Waals surface area contributed by atoms with E-state index in [-0.39, 0.29) is 12.0 Å². The smallest absolute Gasteiger partial charge is 0.255 e. The first-order valence-corrected chi connectivity index (χ1v) is 9.66. The second kappa shape index (κ2) is 6.93. The van der Waals surface area contributed by atoms with Gasteiger partial charge in [-0.1, -0.05) is 12.1 Å². The summed E-state index contributed by atoms with van der Waals surface area (Å²) < 4.78 is 6.05. The number of hydrogen-bond donors (Lipinski definition) is 1. The summed E-state index contributed by atoms with van der Waals surface area (Å²) in [5.41, 5.74) is 1.56. The van der Waals surface area contributed by atoms with Crippen LogP contribution < -0.4 is 10.1 Å². The van der Waals surface area contributed by atoms with Gasteiger partial charge < -0.3 is 10.1 Å². The summed E-state index contributed by atoms with van der Waals surface area (Å²) in [5.74, 6) is 1.27. The third kappa shape index (κ3) is 3.61. The molecular weight excluding hydrogens is 320 g/mol. The summed E-state index contributed by atoms with van der Waals surface area (Å²) in [6.07, 6.45) is 7.35. The molecule has 0 aliphatic heterocycles. The van der Waals surface area contributed by atoms with E-state index in [2.05, 4.69) is 15.7 Å². The maximum Gasteiger partial charge on any atom is 0.255 e. The number of amides is 1. The minimum absolute atomic E-state index is 0.0930. The average molecular weight is 342 g/mol. The normalized spacial score (nSPS) is 17.8. The molecule has 1 N–H and O–H groups in total. The molecule has 2 aromatic rings. The third-order valence-corrected chi connectivity index (χ3v) is 5.71. The maximum absolute atomic E-state index is 12.6. The molecule has 1 heterocycles. The standard InChI is InChI=1S/C19H22N2O2S/c22-18(20-11-14-12-24-19(21-14)13-9-10-13)16-7-3-4-8-17(16)23-15-5-1-2-6-15/h3-4,7-8,12-13,15H,1-2,5-6,9-11H2,(H,20,22). The minimum Gasteiger partial charge on any atom is -0.490 e. The van der Waals surface area contributed by atoms with Crippen molar-refractivity contribution in [1.29, 1.82) is 0 Å². The molecule has 1 aromatic heterocycles. The number of thiazole rings is 1. The number of benzene rings is 1. The Hall–Kier alpha value is -1.88. The Morgan fingerprint density at radius 3 is 2.79 bits per heavy atom. The highest BCUT2D eigenvalue weighted by atomic mass is 32.1. The Labute approximate surface area is 146 Å². The highest BCUT2D eigenvalue weighted by molar-refractivity contribution is 7.09. The van der Waals surface area contributed by atoms with Crippen LogP contribution in [0.5, 0.6) is 5.75 Å². The number of para-hydroxylation sites is 1. The summed E-state index contributed by atoms with van der Waals surface area (Å²) in [5, 5.41) is 6.24. The van der Waals surface area contributed by atoms with Crippen molar-refractivity contribution in [3.8, 4) is 5.75 Å². The number of ether oxygens (including phenoxy) is 1. The van der Waals surface area contributed by atoms with Crippen molar-refractivity contribution in [3.63, 3.8) is 0 Å². The Morgan fingerprint density at radius 2 is 2.00 bits per heavy atom. The van der Waals surface area contributed by atoms with E-state index in [1.54, 1.807) is 11.3 Å². The van der Waals surface area contributed by atoms with E-state index in [1.165, 1.54) is 30.7 Å². The van der Waals surface area contributed by atoms with Crippen molar-refractivity contribution >= 4 is 17.2 Å². The van der Waals surface area contributed by atoms with Crippen LogP contribution in [0.25, 0.3) is 0 Å². The van der Waals surface area contributed by atoms with Crippen molar-refractivity contribution in [2.45, 2.75) is 57.1 Å². The molecule has 0 unspecified atom stereocenters. The fourth-order valence-electron chi connectivity index (χ4n) is 3.13. The molecule has 0 saturated heterocycles. The lowest BCUT2D eigenvalue weighted by Crippen LogP contribution is -2.24. The van der Waals surface area contributed by atoms with Gasteiger partial charge in [0.15, 0.2) is 0 Å². The van der Waals surface area contributed by atoms with Gasteiger partial charge in [-0.05, 0) is 50.7 Å². The van der Waals surface area contributed by atoms with Crippen LogP contribution in [0.3, 0.4) is 0 Å². The second-order valence-corrected chi connectivity index (χ2v) is 7.54. The largest absolute Gasteiger partial charge is 0.490 e.